The standard InChI is InChI=1S/C15H16ClN3S/c1-8(2)13-14(17)19-12(7-20-15(19)18-13)10-4-5-11(16)9(3)6-10/h4-8H,17H2,1-3H3. The van der Waals surface area contributed by atoms with Gasteiger partial charge >= 0.3 is 0 Å². The third kappa shape index (κ3) is 2.00. The number of aryl methyl sites for hydroxylation is 1. The van der Waals surface area contributed by atoms with E-state index in [9.17, 15) is 0 Å². The molecule has 0 radical (unpaired) electrons. The van der Waals surface area contributed by atoms with Crippen molar-refractivity contribution in [1.82, 2.24) is 9.38 Å². The van der Waals surface area contributed by atoms with Crippen molar-refractivity contribution in [3.63, 3.8) is 0 Å². The van der Waals surface area contributed by atoms with Crippen molar-refractivity contribution in [1.29, 1.82) is 0 Å². The average Bonchev–Trinajstić information content (AvgIpc) is 2.94. The molecule has 1 aromatic carbocycles. The second kappa shape index (κ2) is 4.79. The summed E-state index contributed by atoms with van der Waals surface area (Å²) in [5.74, 6) is 1.06. The van der Waals surface area contributed by atoms with Gasteiger partial charge in [-0.1, -0.05) is 31.5 Å². The molecule has 0 aliphatic carbocycles. The van der Waals surface area contributed by atoms with E-state index in [-0.39, 0.29) is 0 Å². The predicted octanol–water partition coefficient (Wildman–Crippen LogP) is 4.73. The van der Waals surface area contributed by atoms with Crippen molar-refractivity contribution >= 4 is 33.7 Å². The van der Waals surface area contributed by atoms with Crippen LogP contribution in [0.25, 0.3) is 16.2 Å². The Kier molecular flexibility index (Phi) is 3.22. The van der Waals surface area contributed by atoms with Crippen LogP contribution in [0.3, 0.4) is 0 Å². The number of aromatic nitrogens is 2. The third-order valence-corrected chi connectivity index (χ3v) is 4.68. The monoisotopic (exact) mass is 305 g/mol. The molecule has 0 unspecified atom stereocenters. The number of hydrogen-bond acceptors (Lipinski definition) is 3. The second-order valence-electron chi connectivity index (χ2n) is 5.24. The smallest absolute Gasteiger partial charge is 0.196 e. The topological polar surface area (TPSA) is 43.3 Å². The first kappa shape index (κ1) is 13.5. The lowest BCUT2D eigenvalue weighted by Crippen LogP contribution is -1.99. The third-order valence-electron chi connectivity index (χ3n) is 3.43. The number of fused-ring (bicyclic) bond motifs is 1. The summed E-state index contributed by atoms with van der Waals surface area (Å²) in [6.45, 7) is 6.22. The Bertz CT molecular complexity index is 786. The number of nitrogen functional groups attached to an aromatic ring is 1. The summed E-state index contributed by atoms with van der Waals surface area (Å²) in [7, 11) is 0. The van der Waals surface area contributed by atoms with Gasteiger partial charge in [-0.05, 0) is 36.1 Å². The Morgan fingerprint density at radius 2 is 2.10 bits per heavy atom. The number of halogens is 1. The second-order valence-corrected chi connectivity index (χ2v) is 6.48. The molecule has 0 aliphatic rings. The number of hydrogen-bond donors (Lipinski definition) is 1. The van der Waals surface area contributed by atoms with Gasteiger partial charge in [0, 0.05) is 10.4 Å². The molecular weight excluding hydrogens is 290 g/mol. The van der Waals surface area contributed by atoms with E-state index in [0.29, 0.717) is 5.92 Å². The van der Waals surface area contributed by atoms with Crippen LogP contribution in [0.4, 0.5) is 5.82 Å². The molecule has 3 rings (SSSR count). The van der Waals surface area contributed by atoms with Crippen molar-refractivity contribution in [2.24, 2.45) is 0 Å². The molecule has 0 saturated carbocycles. The Labute approximate surface area is 127 Å². The van der Waals surface area contributed by atoms with E-state index in [2.05, 4.69) is 30.3 Å². The van der Waals surface area contributed by atoms with Gasteiger partial charge in [-0.3, -0.25) is 4.40 Å². The maximum Gasteiger partial charge on any atom is 0.196 e. The summed E-state index contributed by atoms with van der Waals surface area (Å²) in [6, 6.07) is 6.02. The summed E-state index contributed by atoms with van der Waals surface area (Å²) in [4.78, 5) is 5.57. The highest BCUT2D eigenvalue weighted by atomic mass is 35.5. The lowest BCUT2D eigenvalue weighted by Gasteiger charge is -2.06. The van der Waals surface area contributed by atoms with Gasteiger partial charge in [-0.15, -0.1) is 11.3 Å². The maximum atomic E-state index is 6.27. The quantitative estimate of drug-likeness (QED) is 0.743. The maximum absolute atomic E-state index is 6.27. The first-order valence-electron chi connectivity index (χ1n) is 6.51. The summed E-state index contributed by atoms with van der Waals surface area (Å²) < 4.78 is 2.03. The van der Waals surface area contributed by atoms with Crippen molar-refractivity contribution in [2.45, 2.75) is 26.7 Å². The average molecular weight is 306 g/mol. The SMILES string of the molecule is Cc1cc(-c2csc3nc(C(C)C)c(N)n23)ccc1Cl. The zero-order valence-corrected chi connectivity index (χ0v) is 13.2. The fourth-order valence-electron chi connectivity index (χ4n) is 2.33. The number of rotatable bonds is 2. The van der Waals surface area contributed by atoms with Gasteiger partial charge in [0.05, 0.1) is 11.4 Å². The largest absolute Gasteiger partial charge is 0.383 e. The number of benzene rings is 1. The number of imidazole rings is 1. The summed E-state index contributed by atoms with van der Waals surface area (Å²) in [6.07, 6.45) is 0. The number of nitrogens with zero attached hydrogens (tertiary/aromatic N) is 2. The molecule has 3 nitrogen and oxygen atoms in total. The molecule has 5 heteroatoms. The van der Waals surface area contributed by atoms with Crippen LogP contribution in [0.15, 0.2) is 23.6 Å². The fraction of sp³-hybridized carbons (Fsp3) is 0.267. The Balaban J connectivity index is 2.23. The fourth-order valence-corrected chi connectivity index (χ4v) is 3.36. The number of anilines is 1. The molecule has 2 aromatic heterocycles. The van der Waals surface area contributed by atoms with Crippen LogP contribution >= 0.6 is 22.9 Å². The van der Waals surface area contributed by atoms with E-state index in [1.54, 1.807) is 11.3 Å². The molecule has 0 atom stereocenters. The molecule has 0 amide bonds. The van der Waals surface area contributed by atoms with Gasteiger partial charge < -0.3 is 5.73 Å². The lowest BCUT2D eigenvalue weighted by molar-refractivity contribution is 0.838. The Hall–Kier alpha value is -1.52. The minimum atomic E-state index is 0.321. The van der Waals surface area contributed by atoms with E-state index < -0.39 is 0 Å². The van der Waals surface area contributed by atoms with E-state index in [0.717, 1.165) is 38.3 Å². The molecule has 2 heterocycles. The normalized spacial score (nSPS) is 11.7. The van der Waals surface area contributed by atoms with E-state index in [1.165, 1.54) is 0 Å². The van der Waals surface area contributed by atoms with Crippen LogP contribution in [0.2, 0.25) is 5.02 Å². The van der Waals surface area contributed by atoms with Gasteiger partial charge in [0.25, 0.3) is 0 Å². The molecule has 3 aromatic rings. The highest BCUT2D eigenvalue weighted by Crippen LogP contribution is 2.33. The van der Waals surface area contributed by atoms with Gasteiger partial charge in [-0.2, -0.15) is 0 Å². The highest BCUT2D eigenvalue weighted by Gasteiger charge is 2.17. The van der Waals surface area contributed by atoms with Crippen LogP contribution < -0.4 is 5.73 Å². The van der Waals surface area contributed by atoms with Crippen LogP contribution in [-0.4, -0.2) is 9.38 Å². The van der Waals surface area contributed by atoms with Crippen molar-refractivity contribution < 1.29 is 0 Å². The van der Waals surface area contributed by atoms with Gasteiger partial charge in [0.1, 0.15) is 5.82 Å². The zero-order chi connectivity index (χ0) is 14.4. The minimum Gasteiger partial charge on any atom is -0.383 e. The minimum absolute atomic E-state index is 0.321. The van der Waals surface area contributed by atoms with Crippen LogP contribution in [0.1, 0.15) is 31.0 Å². The molecular formula is C15H16ClN3S. The summed E-state index contributed by atoms with van der Waals surface area (Å²) in [5.41, 5.74) is 10.5. The zero-order valence-electron chi connectivity index (χ0n) is 11.6. The molecule has 0 spiro atoms. The van der Waals surface area contributed by atoms with E-state index in [1.807, 2.05) is 23.5 Å². The number of thiazole rings is 1. The first-order valence-corrected chi connectivity index (χ1v) is 7.76. The van der Waals surface area contributed by atoms with Crippen molar-refractivity contribution in [2.75, 3.05) is 5.73 Å². The van der Waals surface area contributed by atoms with Gasteiger partial charge in [-0.25, -0.2) is 4.98 Å². The molecule has 0 aliphatic heterocycles. The van der Waals surface area contributed by atoms with Crippen LogP contribution in [0, 0.1) is 6.92 Å². The van der Waals surface area contributed by atoms with Crippen molar-refractivity contribution in [3.8, 4) is 11.3 Å². The molecule has 0 bridgehead atoms. The van der Waals surface area contributed by atoms with E-state index in [4.69, 9.17) is 17.3 Å². The van der Waals surface area contributed by atoms with Gasteiger partial charge in [0.2, 0.25) is 0 Å². The van der Waals surface area contributed by atoms with Gasteiger partial charge in [0.15, 0.2) is 4.96 Å². The summed E-state index contributed by atoms with van der Waals surface area (Å²) in [5, 5.41) is 2.87. The molecule has 104 valence electrons. The van der Waals surface area contributed by atoms with Crippen molar-refractivity contribution in [3.05, 3.63) is 39.9 Å². The predicted molar refractivity (Wildman–Crippen MR) is 86.8 cm³/mol. The number of nitrogens with two attached hydrogens (primary N) is 1. The Morgan fingerprint density at radius 1 is 1.35 bits per heavy atom. The first-order chi connectivity index (χ1) is 9.49. The summed E-state index contributed by atoms with van der Waals surface area (Å²) >= 11 is 7.71. The van der Waals surface area contributed by atoms with Crippen LogP contribution in [-0.2, 0) is 0 Å². The molecule has 20 heavy (non-hydrogen) atoms. The Morgan fingerprint density at radius 3 is 2.75 bits per heavy atom. The highest BCUT2D eigenvalue weighted by molar-refractivity contribution is 7.15. The lowest BCUT2D eigenvalue weighted by atomic mass is 10.1. The molecule has 0 saturated heterocycles. The molecule has 0 fully saturated rings. The molecule has 2 N–H and O–H groups in total. The van der Waals surface area contributed by atoms with Crippen LogP contribution in [0.5, 0.6) is 0 Å². The van der Waals surface area contributed by atoms with E-state index >= 15 is 0 Å².